The maximum absolute atomic E-state index is 12.9. The lowest BCUT2D eigenvalue weighted by Gasteiger charge is -2.26. The largest absolute Gasteiger partial charge is 0.416 e. The molecule has 2 N–H and O–H groups in total. The molecule has 1 aliphatic rings. The number of rotatable bonds is 1. The normalized spacial score (nSPS) is 25.2. The molecule has 0 bridgehead atoms. The van der Waals surface area contributed by atoms with Crippen molar-refractivity contribution in [3.63, 3.8) is 0 Å². The quantitative estimate of drug-likeness (QED) is 0.818. The monoisotopic (exact) mass is 265 g/mol. The van der Waals surface area contributed by atoms with E-state index < -0.39 is 17.3 Å². The van der Waals surface area contributed by atoms with Crippen LogP contribution in [0.2, 0.25) is 5.02 Å². The summed E-state index contributed by atoms with van der Waals surface area (Å²) in [5, 5.41) is 13.0. The second-order valence-corrected chi connectivity index (χ2v) is 4.53. The van der Waals surface area contributed by atoms with Gasteiger partial charge in [-0.15, -0.1) is 0 Å². The van der Waals surface area contributed by atoms with Gasteiger partial charge >= 0.3 is 6.18 Å². The van der Waals surface area contributed by atoms with E-state index in [0.29, 0.717) is 6.54 Å². The van der Waals surface area contributed by atoms with Crippen molar-refractivity contribution in [2.45, 2.75) is 18.2 Å². The van der Waals surface area contributed by atoms with Crippen molar-refractivity contribution in [1.82, 2.24) is 5.32 Å². The van der Waals surface area contributed by atoms with E-state index in [1.165, 1.54) is 12.1 Å². The van der Waals surface area contributed by atoms with Gasteiger partial charge in [0.15, 0.2) is 0 Å². The molecule has 1 unspecified atom stereocenters. The highest BCUT2D eigenvalue weighted by molar-refractivity contribution is 6.31. The van der Waals surface area contributed by atoms with Crippen LogP contribution < -0.4 is 5.32 Å². The van der Waals surface area contributed by atoms with E-state index >= 15 is 0 Å². The summed E-state index contributed by atoms with van der Waals surface area (Å²) in [6.45, 7) is 0.554. The number of hydrogen-bond acceptors (Lipinski definition) is 2. The molecular weight excluding hydrogens is 255 g/mol. The molecule has 94 valence electrons. The topological polar surface area (TPSA) is 32.3 Å². The van der Waals surface area contributed by atoms with E-state index in [-0.39, 0.29) is 23.6 Å². The smallest absolute Gasteiger partial charge is 0.384 e. The zero-order valence-electron chi connectivity index (χ0n) is 8.81. The molecule has 0 radical (unpaired) electrons. The molecule has 1 aromatic rings. The Morgan fingerprint density at radius 3 is 2.59 bits per heavy atom. The van der Waals surface area contributed by atoms with E-state index in [1.54, 1.807) is 0 Å². The third kappa shape index (κ3) is 2.27. The Hall–Kier alpha value is -0.780. The fraction of sp³-hybridized carbons (Fsp3) is 0.455. The van der Waals surface area contributed by atoms with Crippen LogP contribution >= 0.6 is 11.6 Å². The molecule has 6 heteroatoms. The lowest BCUT2D eigenvalue weighted by molar-refractivity contribution is -0.140. The highest BCUT2D eigenvalue weighted by Crippen LogP contribution is 2.42. The van der Waals surface area contributed by atoms with Crippen LogP contribution in [0, 0.1) is 0 Å². The van der Waals surface area contributed by atoms with Crippen LogP contribution in [0.25, 0.3) is 0 Å². The molecule has 1 aromatic carbocycles. The summed E-state index contributed by atoms with van der Waals surface area (Å²) in [5.74, 6) is 0. The summed E-state index contributed by atoms with van der Waals surface area (Å²) in [6, 6.07) is 3.54. The molecule has 17 heavy (non-hydrogen) atoms. The van der Waals surface area contributed by atoms with Crippen molar-refractivity contribution in [2.75, 3.05) is 13.1 Å². The van der Waals surface area contributed by atoms with Gasteiger partial charge in [0.25, 0.3) is 0 Å². The molecule has 0 aliphatic carbocycles. The fourth-order valence-electron chi connectivity index (χ4n) is 2.13. The van der Waals surface area contributed by atoms with Crippen molar-refractivity contribution in [3.05, 3.63) is 34.3 Å². The second-order valence-electron chi connectivity index (χ2n) is 4.12. The van der Waals surface area contributed by atoms with E-state index in [1.807, 2.05) is 0 Å². The van der Waals surface area contributed by atoms with Crippen molar-refractivity contribution >= 4 is 11.6 Å². The van der Waals surface area contributed by atoms with Gasteiger partial charge in [0.1, 0.15) is 5.60 Å². The molecule has 0 aromatic heterocycles. The standard InChI is InChI=1S/C11H11ClF3NO/c12-8-3-1-2-7(11(13,14)15)9(8)10(17)4-5-16-6-10/h1-3,16-17H,4-6H2. The molecule has 1 atom stereocenters. The minimum Gasteiger partial charge on any atom is -0.384 e. The second kappa shape index (κ2) is 4.15. The lowest BCUT2D eigenvalue weighted by atomic mass is 9.88. The maximum Gasteiger partial charge on any atom is 0.416 e. The molecule has 0 spiro atoms. The predicted molar refractivity (Wildman–Crippen MR) is 57.8 cm³/mol. The average molecular weight is 266 g/mol. The predicted octanol–water partition coefficient (Wildman–Crippen LogP) is 2.54. The maximum atomic E-state index is 12.9. The van der Waals surface area contributed by atoms with E-state index in [2.05, 4.69) is 5.32 Å². The van der Waals surface area contributed by atoms with Crippen molar-refractivity contribution < 1.29 is 18.3 Å². The number of alkyl halides is 3. The average Bonchev–Trinajstić information content (AvgIpc) is 2.64. The number of nitrogens with one attached hydrogen (secondary N) is 1. The van der Waals surface area contributed by atoms with Crippen LogP contribution in [0.1, 0.15) is 17.5 Å². The van der Waals surface area contributed by atoms with Gasteiger partial charge in [0.05, 0.1) is 5.56 Å². The lowest BCUT2D eigenvalue weighted by Crippen LogP contribution is -2.31. The summed E-state index contributed by atoms with van der Waals surface area (Å²) in [4.78, 5) is 0. The third-order valence-corrected chi connectivity index (χ3v) is 3.23. The number of benzene rings is 1. The van der Waals surface area contributed by atoms with Gasteiger partial charge in [-0.1, -0.05) is 17.7 Å². The first-order chi connectivity index (χ1) is 7.84. The first-order valence-electron chi connectivity index (χ1n) is 5.14. The van der Waals surface area contributed by atoms with Gasteiger partial charge in [-0.3, -0.25) is 0 Å². The third-order valence-electron chi connectivity index (χ3n) is 2.92. The van der Waals surface area contributed by atoms with Crippen molar-refractivity contribution in [1.29, 1.82) is 0 Å². The SMILES string of the molecule is OC1(c2c(Cl)cccc2C(F)(F)F)CCNC1. The molecule has 1 fully saturated rings. The zero-order valence-corrected chi connectivity index (χ0v) is 9.57. The minimum atomic E-state index is -4.52. The molecular formula is C11H11ClF3NO. The van der Waals surface area contributed by atoms with Crippen LogP contribution in [0.5, 0.6) is 0 Å². The zero-order chi connectivity index (χ0) is 12.7. The van der Waals surface area contributed by atoms with Gasteiger partial charge in [-0.2, -0.15) is 13.2 Å². The first kappa shape index (κ1) is 12.7. The molecule has 1 aliphatic heterocycles. The van der Waals surface area contributed by atoms with Crippen LogP contribution in [-0.2, 0) is 11.8 Å². The number of halogens is 4. The van der Waals surface area contributed by atoms with E-state index in [0.717, 1.165) is 6.07 Å². The van der Waals surface area contributed by atoms with Gasteiger partial charge in [-0.25, -0.2) is 0 Å². The van der Waals surface area contributed by atoms with Crippen LogP contribution in [0.4, 0.5) is 13.2 Å². The van der Waals surface area contributed by atoms with Gasteiger partial charge in [-0.05, 0) is 25.1 Å². The summed E-state index contributed by atoms with van der Waals surface area (Å²) in [6.07, 6.45) is -4.29. The Balaban J connectivity index is 2.59. The molecule has 2 rings (SSSR count). The summed E-state index contributed by atoms with van der Waals surface area (Å²) < 4.78 is 38.6. The molecule has 2 nitrogen and oxygen atoms in total. The van der Waals surface area contributed by atoms with Crippen LogP contribution in [0.3, 0.4) is 0 Å². The highest BCUT2D eigenvalue weighted by atomic mass is 35.5. The van der Waals surface area contributed by atoms with Crippen LogP contribution in [-0.4, -0.2) is 18.2 Å². The van der Waals surface area contributed by atoms with Crippen LogP contribution in [0.15, 0.2) is 18.2 Å². The Morgan fingerprint density at radius 2 is 2.06 bits per heavy atom. The minimum absolute atomic E-state index is 0.0500. The molecule has 1 saturated heterocycles. The Morgan fingerprint density at radius 1 is 1.35 bits per heavy atom. The Bertz CT molecular complexity index is 427. The highest BCUT2D eigenvalue weighted by Gasteiger charge is 2.43. The number of aliphatic hydroxyl groups is 1. The van der Waals surface area contributed by atoms with E-state index in [4.69, 9.17) is 11.6 Å². The fourth-order valence-corrected chi connectivity index (χ4v) is 2.48. The van der Waals surface area contributed by atoms with E-state index in [9.17, 15) is 18.3 Å². The summed E-state index contributed by atoms with van der Waals surface area (Å²) in [5.41, 5.74) is -2.63. The summed E-state index contributed by atoms with van der Waals surface area (Å²) in [7, 11) is 0. The molecule has 0 saturated carbocycles. The molecule has 0 amide bonds. The van der Waals surface area contributed by atoms with Gasteiger partial charge in [0.2, 0.25) is 0 Å². The molecule has 1 heterocycles. The Kier molecular flexibility index (Phi) is 3.10. The van der Waals surface area contributed by atoms with Gasteiger partial charge < -0.3 is 10.4 Å². The summed E-state index contributed by atoms with van der Waals surface area (Å²) >= 11 is 5.82. The Labute approximate surface area is 101 Å². The van der Waals surface area contributed by atoms with Crippen molar-refractivity contribution in [3.8, 4) is 0 Å². The van der Waals surface area contributed by atoms with Crippen molar-refractivity contribution in [2.24, 2.45) is 0 Å². The number of hydrogen-bond donors (Lipinski definition) is 2. The van der Waals surface area contributed by atoms with Gasteiger partial charge in [0, 0.05) is 17.1 Å². The number of β-amino-alcohol motifs (C(OH)–C–C–N with tert-alkyl or cyclic N) is 1. The first-order valence-corrected chi connectivity index (χ1v) is 5.52.